The quantitative estimate of drug-likeness (QED) is 0.123. The molecule has 4 fully saturated rings. The molecular formula is C41H66O15. The number of fused-ring (bicyclic) bond motifs is 5. The number of hydrogen-bond acceptors (Lipinski definition) is 14. The molecule has 0 radical (unpaired) electrons. The van der Waals surface area contributed by atoms with Crippen molar-refractivity contribution in [3.63, 3.8) is 0 Å². The fraction of sp³-hybridized carbons (Fsp3) is 0.878. The number of hydrogen-bond donors (Lipinski definition) is 10. The molecule has 0 amide bonds. The second-order valence-electron chi connectivity index (χ2n) is 18.4. The molecule has 0 spiro atoms. The van der Waals surface area contributed by atoms with Gasteiger partial charge in [0.1, 0.15) is 48.8 Å². The molecule has 6 rings (SSSR count). The Morgan fingerprint density at radius 3 is 2.14 bits per heavy atom. The Morgan fingerprint density at radius 2 is 1.54 bits per heavy atom. The molecule has 0 aromatic rings. The van der Waals surface area contributed by atoms with Gasteiger partial charge in [-0.2, -0.15) is 0 Å². The summed E-state index contributed by atoms with van der Waals surface area (Å²) >= 11 is 0. The smallest absolute Gasteiger partial charge is 0.306 e. The van der Waals surface area contributed by atoms with E-state index in [9.17, 15) is 55.9 Å². The predicted octanol–water partition coefficient (Wildman–Crippen LogP) is 0.744. The molecule has 15 heteroatoms. The molecule has 15 nitrogen and oxygen atoms in total. The van der Waals surface area contributed by atoms with E-state index in [-0.39, 0.29) is 53.4 Å². The van der Waals surface area contributed by atoms with Crippen LogP contribution in [0.2, 0.25) is 0 Å². The molecule has 6 aliphatic rings. The summed E-state index contributed by atoms with van der Waals surface area (Å²) in [5, 5.41) is 105. The molecule has 320 valence electrons. The Labute approximate surface area is 328 Å². The van der Waals surface area contributed by atoms with E-state index in [1.165, 1.54) is 11.1 Å². The lowest BCUT2D eigenvalue weighted by molar-refractivity contribution is -0.372. The van der Waals surface area contributed by atoms with Crippen molar-refractivity contribution < 1.29 is 74.8 Å². The number of carboxylic acid groups (broad SMARTS) is 1. The van der Waals surface area contributed by atoms with Crippen LogP contribution in [0.4, 0.5) is 0 Å². The maximum atomic E-state index is 12.8. The second kappa shape index (κ2) is 16.8. The zero-order valence-electron chi connectivity index (χ0n) is 33.3. The average molecular weight is 799 g/mol. The number of aliphatic hydroxyl groups excluding tert-OH is 8. The van der Waals surface area contributed by atoms with E-state index in [0.717, 1.165) is 32.1 Å². The lowest BCUT2D eigenvalue weighted by Crippen LogP contribution is -2.65. The van der Waals surface area contributed by atoms with Crippen molar-refractivity contribution in [3.05, 3.63) is 23.3 Å². The molecule has 2 saturated heterocycles. The van der Waals surface area contributed by atoms with Crippen molar-refractivity contribution >= 4 is 5.97 Å². The highest BCUT2D eigenvalue weighted by molar-refractivity contribution is 5.70. The molecule has 0 unspecified atom stereocenters. The fourth-order valence-electron chi connectivity index (χ4n) is 11.3. The van der Waals surface area contributed by atoms with Gasteiger partial charge in [0.25, 0.3) is 0 Å². The number of aliphatic hydroxyl groups is 9. The molecule has 19 atom stereocenters. The van der Waals surface area contributed by atoms with Gasteiger partial charge in [-0.3, -0.25) is 4.79 Å². The summed E-state index contributed by atoms with van der Waals surface area (Å²) in [6.07, 6.45) is -6.23. The summed E-state index contributed by atoms with van der Waals surface area (Å²) in [6.45, 7) is 8.46. The largest absolute Gasteiger partial charge is 0.481 e. The number of rotatable bonds is 13. The molecule has 56 heavy (non-hydrogen) atoms. The van der Waals surface area contributed by atoms with Crippen molar-refractivity contribution in [2.75, 3.05) is 13.2 Å². The van der Waals surface area contributed by atoms with E-state index in [0.29, 0.717) is 12.8 Å². The molecule has 0 aromatic carbocycles. The summed E-state index contributed by atoms with van der Waals surface area (Å²) in [7, 11) is 0. The normalized spacial score (nSPS) is 46.1. The van der Waals surface area contributed by atoms with Crippen molar-refractivity contribution in [1.82, 2.24) is 0 Å². The van der Waals surface area contributed by atoms with Crippen LogP contribution in [0.15, 0.2) is 23.3 Å². The van der Waals surface area contributed by atoms with Gasteiger partial charge in [-0.15, -0.1) is 0 Å². The first-order chi connectivity index (χ1) is 26.3. The Hall–Kier alpha value is -1.57. The summed E-state index contributed by atoms with van der Waals surface area (Å²) in [6, 6.07) is 0. The topological polar surface area (TPSA) is 256 Å². The van der Waals surface area contributed by atoms with Crippen LogP contribution >= 0.6 is 0 Å². The van der Waals surface area contributed by atoms with E-state index in [2.05, 4.69) is 26.0 Å². The van der Waals surface area contributed by atoms with Crippen LogP contribution < -0.4 is 0 Å². The number of ether oxygens (including phenoxy) is 4. The van der Waals surface area contributed by atoms with Crippen LogP contribution in [0.25, 0.3) is 0 Å². The lowest BCUT2D eigenvalue weighted by atomic mass is 9.51. The van der Waals surface area contributed by atoms with Crippen LogP contribution in [0.3, 0.4) is 0 Å². The summed E-state index contributed by atoms with van der Waals surface area (Å²) in [4.78, 5) is 12.8. The van der Waals surface area contributed by atoms with Crippen LogP contribution in [-0.2, 0) is 23.7 Å². The van der Waals surface area contributed by atoms with E-state index in [1.54, 1.807) is 6.92 Å². The molecule has 0 bridgehead atoms. The van der Waals surface area contributed by atoms with Crippen LogP contribution in [-0.4, -0.2) is 149 Å². The minimum atomic E-state index is -1.76. The van der Waals surface area contributed by atoms with Gasteiger partial charge in [0, 0.05) is 0 Å². The molecule has 4 aliphatic carbocycles. The third kappa shape index (κ3) is 7.67. The third-order valence-corrected chi connectivity index (χ3v) is 15.2. The van der Waals surface area contributed by atoms with E-state index < -0.39 is 98.2 Å². The molecule has 0 aromatic heterocycles. The SMILES string of the molecule is CC(C)[C@](O)(CC[C@@H](C(=O)O)[C@H]1CC[C@H]2C3=CC[C@H]4C[C@@H](O[C@@H]5O[C@H](CO)[C@@H](O)[C@H](O)[C@H]5O[C@@H]5O[C@H](CO)[C@H](O)[C@H](O)[C@H]5O)CC[C@]4(C)C3=CC[C@]12C)[C@@H](C)O. The van der Waals surface area contributed by atoms with Crippen molar-refractivity contribution in [2.45, 2.75) is 172 Å². The van der Waals surface area contributed by atoms with Gasteiger partial charge in [-0.05, 0) is 110 Å². The second-order valence-corrected chi connectivity index (χ2v) is 18.4. The Balaban J connectivity index is 1.16. The number of carbonyl (C=O) groups is 1. The average Bonchev–Trinajstić information content (AvgIpc) is 3.50. The van der Waals surface area contributed by atoms with Crippen LogP contribution in [0, 0.1) is 40.4 Å². The highest BCUT2D eigenvalue weighted by Crippen LogP contribution is 2.65. The first-order valence-corrected chi connectivity index (χ1v) is 20.6. The van der Waals surface area contributed by atoms with Crippen molar-refractivity contribution in [3.8, 4) is 0 Å². The summed E-state index contributed by atoms with van der Waals surface area (Å²) in [5.41, 5.74) is 0.794. The van der Waals surface area contributed by atoms with Gasteiger partial charge in [-0.25, -0.2) is 0 Å². The first-order valence-electron chi connectivity index (χ1n) is 20.6. The van der Waals surface area contributed by atoms with Gasteiger partial charge in [0.2, 0.25) is 0 Å². The maximum absolute atomic E-state index is 12.8. The fourth-order valence-corrected chi connectivity index (χ4v) is 11.3. The Morgan fingerprint density at radius 1 is 0.893 bits per heavy atom. The maximum Gasteiger partial charge on any atom is 0.306 e. The first kappa shape index (κ1) is 44.0. The van der Waals surface area contributed by atoms with Gasteiger partial charge >= 0.3 is 5.97 Å². The monoisotopic (exact) mass is 798 g/mol. The molecular weight excluding hydrogens is 732 g/mol. The van der Waals surface area contributed by atoms with Crippen molar-refractivity contribution in [1.29, 1.82) is 0 Å². The summed E-state index contributed by atoms with van der Waals surface area (Å²) in [5.74, 6) is -1.46. The van der Waals surface area contributed by atoms with Gasteiger partial charge in [0.05, 0.1) is 36.9 Å². The number of aliphatic carboxylic acids is 1. The van der Waals surface area contributed by atoms with E-state index in [4.69, 9.17) is 18.9 Å². The summed E-state index contributed by atoms with van der Waals surface area (Å²) < 4.78 is 23.8. The highest BCUT2D eigenvalue weighted by atomic mass is 16.8. The Bertz CT molecular complexity index is 1440. The van der Waals surface area contributed by atoms with Gasteiger partial charge in [0.15, 0.2) is 12.6 Å². The van der Waals surface area contributed by atoms with E-state index >= 15 is 0 Å². The molecule has 10 N–H and O–H groups in total. The molecule has 2 heterocycles. The minimum absolute atomic E-state index is 0.0889. The highest BCUT2D eigenvalue weighted by Gasteiger charge is 2.58. The van der Waals surface area contributed by atoms with Crippen LogP contribution in [0.1, 0.15) is 92.4 Å². The standard InChI is InChI=1S/C41H66O15/c1-19(2)41(52,20(3)44)15-11-24(36(50)51)26-9-8-25-23-7-6-21-16-22(10-13-39(21,4)27(23)12-14-40(25,26)5)53-38-35(33(48)31(46)29(18-43)55-38)56-37-34(49)32(47)30(45)28(17-42)54-37/h7,12,19-22,24-26,28-35,37-38,42-49,52H,6,8-11,13-18H2,1-5H3,(H,50,51)/t20-,21+,22+,24-,25+,26-,28-,29-,30+,31-,32+,33+,34-,35-,37+,38-,39+,40+,41-/m1/s1. The predicted molar refractivity (Wildman–Crippen MR) is 198 cm³/mol. The van der Waals surface area contributed by atoms with Gasteiger partial charge in [-0.1, -0.05) is 39.8 Å². The van der Waals surface area contributed by atoms with Gasteiger partial charge < -0.3 is 70.0 Å². The van der Waals surface area contributed by atoms with Crippen LogP contribution in [0.5, 0.6) is 0 Å². The molecule has 2 saturated carbocycles. The Kier molecular flexibility index (Phi) is 13.2. The lowest BCUT2D eigenvalue weighted by Gasteiger charge is -2.54. The van der Waals surface area contributed by atoms with Crippen molar-refractivity contribution in [2.24, 2.45) is 40.4 Å². The third-order valence-electron chi connectivity index (χ3n) is 15.2. The van der Waals surface area contributed by atoms with E-state index in [1.807, 2.05) is 13.8 Å². The molecule has 2 aliphatic heterocycles. The zero-order chi connectivity index (χ0) is 41.1. The zero-order valence-corrected chi connectivity index (χ0v) is 33.3. The number of carboxylic acids is 1. The minimum Gasteiger partial charge on any atom is -0.481 e. The number of allylic oxidation sites excluding steroid dienone is 4.